The molecule has 132 valence electrons. The summed E-state index contributed by atoms with van der Waals surface area (Å²) in [6.07, 6.45) is 3.54. The molecular weight excluding hydrogens is 373 g/mol. The number of rotatable bonds is 4. The molecule has 1 amide bonds. The summed E-state index contributed by atoms with van der Waals surface area (Å²) in [7, 11) is 0. The summed E-state index contributed by atoms with van der Waals surface area (Å²) in [5, 5.41) is 0. The van der Waals surface area contributed by atoms with Gasteiger partial charge >= 0.3 is 0 Å². The standard InChI is InChI=1S/C18H25BrFN3O/c19-17-12-16(20)5-4-15(17)13-21-8-10-22(11-9-21)14-18(24)23-6-2-1-3-7-23/h4-5,12H,1-3,6-11,13-14H2. The largest absolute Gasteiger partial charge is 0.342 e. The van der Waals surface area contributed by atoms with Gasteiger partial charge in [0, 0.05) is 50.3 Å². The second kappa shape index (κ2) is 8.41. The summed E-state index contributed by atoms with van der Waals surface area (Å²) >= 11 is 3.44. The number of hydrogen-bond acceptors (Lipinski definition) is 3. The van der Waals surface area contributed by atoms with Gasteiger partial charge in [0.05, 0.1) is 6.54 Å². The Bertz CT molecular complexity index is 569. The first-order valence-corrected chi connectivity index (χ1v) is 9.57. The van der Waals surface area contributed by atoms with Crippen LogP contribution in [0, 0.1) is 5.82 Å². The molecule has 0 aromatic heterocycles. The number of piperidine rings is 1. The number of carbonyl (C=O) groups excluding carboxylic acids is 1. The molecule has 1 aromatic carbocycles. The Labute approximate surface area is 151 Å². The van der Waals surface area contributed by atoms with Crippen molar-refractivity contribution in [2.24, 2.45) is 0 Å². The first-order chi connectivity index (χ1) is 11.6. The molecule has 0 atom stereocenters. The predicted octanol–water partition coefficient (Wildman–Crippen LogP) is 2.72. The van der Waals surface area contributed by atoms with Crippen LogP contribution in [0.4, 0.5) is 4.39 Å². The van der Waals surface area contributed by atoms with Crippen LogP contribution >= 0.6 is 15.9 Å². The van der Waals surface area contributed by atoms with Crippen molar-refractivity contribution >= 4 is 21.8 Å². The van der Waals surface area contributed by atoms with E-state index in [2.05, 4.69) is 25.7 Å². The maximum Gasteiger partial charge on any atom is 0.236 e. The number of nitrogens with zero attached hydrogens (tertiary/aromatic N) is 3. The predicted molar refractivity (Wildman–Crippen MR) is 96.2 cm³/mol. The zero-order valence-electron chi connectivity index (χ0n) is 14.0. The molecule has 0 bridgehead atoms. The van der Waals surface area contributed by atoms with Gasteiger partial charge in [-0.05, 0) is 37.0 Å². The van der Waals surface area contributed by atoms with Gasteiger partial charge in [-0.15, -0.1) is 0 Å². The molecule has 0 unspecified atom stereocenters. The van der Waals surface area contributed by atoms with Gasteiger partial charge in [-0.3, -0.25) is 14.6 Å². The van der Waals surface area contributed by atoms with Gasteiger partial charge in [-0.2, -0.15) is 0 Å². The van der Waals surface area contributed by atoms with E-state index in [1.54, 1.807) is 0 Å². The van der Waals surface area contributed by atoms with Crippen LogP contribution in [0.25, 0.3) is 0 Å². The Kier molecular flexibility index (Phi) is 6.25. The minimum Gasteiger partial charge on any atom is -0.342 e. The lowest BCUT2D eigenvalue weighted by Crippen LogP contribution is -2.50. The third-order valence-corrected chi connectivity index (χ3v) is 5.68. The smallest absolute Gasteiger partial charge is 0.236 e. The second-order valence-electron chi connectivity index (χ2n) is 6.73. The molecule has 0 N–H and O–H groups in total. The Balaban J connectivity index is 1.44. The molecule has 0 radical (unpaired) electrons. The Hall–Kier alpha value is -0.980. The van der Waals surface area contributed by atoms with E-state index < -0.39 is 0 Å². The van der Waals surface area contributed by atoms with Gasteiger partial charge in [-0.25, -0.2) is 4.39 Å². The van der Waals surface area contributed by atoms with Gasteiger partial charge in [0.25, 0.3) is 0 Å². The molecule has 4 nitrogen and oxygen atoms in total. The van der Waals surface area contributed by atoms with Gasteiger partial charge in [-0.1, -0.05) is 22.0 Å². The van der Waals surface area contributed by atoms with E-state index in [-0.39, 0.29) is 11.7 Å². The van der Waals surface area contributed by atoms with Gasteiger partial charge in [0.15, 0.2) is 0 Å². The maximum atomic E-state index is 13.2. The minimum atomic E-state index is -0.216. The van der Waals surface area contributed by atoms with Crippen LogP contribution in [-0.4, -0.2) is 66.4 Å². The number of benzene rings is 1. The van der Waals surface area contributed by atoms with Crippen LogP contribution in [0.15, 0.2) is 22.7 Å². The maximum absolute atomic E-state index is 13.2. The zero-order chi connectivity index (χ0) is 16.9. The Morgan fingerprint density at radius 1 is 1.00 bits per heavy atom. The average molecular weight is 398 g/mol. The number of halogens is 2. The lowest BCUT2D eigenvalue weighted by Gasteiger charge is -2.36. The molecule has 0 saturated carbocycles. The van der Waals surface area contributed by atoms with Crippen LogP contribution in [-0.2, 0) is 11.3 Å². The van der Waals surface area contributed by atoms with Gasteiger partial charge < -0.3 is 4.90 Å². The van der Waals surface area contributed by atoms with Crippen molar-refractivity contribution in [1.82, 2.24) is 14.7 Å². The average Bonchev–Trinajstić information content (AvgIpc) is 2.60. The zero-order valence-corrected chi connectivity index (χ0v) is 15.6. The molecule has 0 aliphatic carbocycles. The van der Waals surface area contributed by atoms with Gasteiger partial charge in [0.2, 0.25) is 5.91 Å². The fourth-order valence-corrected chi connectivity index (χ4v) is 3.91. The van der Waals surface area contributed by atoms with Crippen molar-refractivity contribution in [3.63, 3.8) is 0 Å². The molecule has 2 aliphatic heterocycles. The quantitative estimate of drug-likeness (QED) is 0.781. The van der Waals surface area contributed by atoms with E-state index in [1.807, 2.05) is 11.0 Å². The van der Waals surface area contributed by atoms with E-state index in [9.17, 15) is 9.18 Å². The molecule has 1 aromatic rings. The van der Waals surface area contributed by atoms with Crippen molar-refractivity contribution in [3.05, 3.63) is 34.1 Å². The molecule has 6 heteroatoms. The minimum absolute atomic E-state index is 0.216. The Morgan fingerprint density at radius 2 is 1.67 bits per heavy atom. The van der Waals surface area contributed by atoms with E-state index >= 15 is 0 Å². The summed E-state index contributed by atoms with van der Waals surface area (Å²) in [5.74, 6) is 0.0658. The molecule has 2 fully saturated rings. The number of carbonyl (C=O) groups is 1. The summed E-state index contributed by atoms with van der Waals surface area (Å²) in [5.41, 5.74) is 1.11. The van der Waals surface area contributed by atoms with Crippen molar-refractivity contribution in [2.75, 3.05) is 45.8 Å². The fourth-order valence-electron chi connectivity index (χ4n) is 3.43. The van der Waals surface area contributed by atoms with E-state index in [0.29, 0.717) is 6.54 Å². The molecular formula is C18H25BrFN3O. The van der Waals surface area contributed by atoms with Crippen molar-refractivity contribution < 1.29 is 9.18 Å². The lowest BCUT2D eigenvalue weighted by molar-refractivity contribution is -0.133. The van der Waals surface area contributed by atoms with Crippen molar-refractivity contribution in [3.8, 4) is 0 Å². The molecule has 2 heterocycles. The first kappa shape index (κ1) is 17.8. The van der Waals surface area contributed by atoms with Crippen LogP contribution in [0.1, 0.15) is 24.8 Å². The lowest BCUT2D eigenvalue weighted by atomic mass is 10.1. The van der Waals surface area contributed by atoms with Crippen molar-refractivity contribution in [2.45, 2.75) is 25.8 Å². The number of hydrogen-bond donors (Lipinski definition) is 0. The van der Waals surface area contributed by atoms with Crippen LogP contribution < -0.4 is 0 Å². The van der Waals surface area contributed by atoms with Crippen LogP contribution in [0.2, 0.25) is 0 Å². The number of piperazine rings is 1. The normalized spacial score (nSPS) is 20.3. The number of amides is 1. The molecule has 24 heavy (non-hydrogen) atoms. The summed E-state index contributed by atoms with van der Waals surface area (Å²) < 4.78 is 14.0. The highest BCUT2D eigenvalue weighted by Crippen LogP contribution is 2.20. The van der Waals surface area contributed by atoms with Crippen LogP contribution in [0.3, 0.4) is 0 Å². The summed E-state index contributed by atoms with van der Waals surface area (Å²) in [6, 6.07) is 4.86. The van der Waals surface area contributed by atoms with Gasteiger partial charge in [0.1, 0.15) is 5.82 Å². The monoisotopic (exact) mass is 397 g/mol. The second-order valence-corrected chi connectivity index (χ2v) is 7.58. The third kappa shape index (κ3) is 4.77. The summed E-state index contributed by atoms with van der Waals surface area (Å²) in [6.45, 7) is 6.93. The highest BCUT2D eigenvalue weighted by molar-refractivity contribution is 9.10. The highest BCUT2D eigenvalue weighted by Gasteiger charge is 2.23. The SMILES string of the molecule is O=C(CN1CCN(Cc2ccc(F)cc2Br)CC1)N1CCCCC1. The highest BCUT2D eigenvalue weighted by atomic mass is 79.9. The first-order valence-electron chi connectivity index (χ1n) is 8.78. The molecule has 0 spiro atoms. The number of likely N-dealkylation sites (tertiary alicyclic amines) is 1. The molecule has 2 aliphatic rings. The van der Waals surface area contributed by atoms with E-state index in [4.69, 9.17) is 0 Å². The van der Waals surface area contributed by atoms with E-state index in [1.165, 1.54) is 18.6 Å². The molecule has 3 rings (SSSR count). The van der Waals surface area contributed by atoms with Crippen molar-refractivity contribution in [1.29, 1.82) is 0 Å². The van der Waals surface area contributed by atoms with E-state index in [0.717, 1.165) is 68.7 Å². The summed E-state index contributed by atoms with van der Waals surface area (Å²) in [4.78, 5) is 19.0. The fraction of sp³-hybridized carbons (Fsp3) is 0.611. The Morgan fingerprint density at radius 3 is 2.33 bits per heavy atom. The third-order valence-electron chi connectivity index (χ3n) is 4.94. The van der Waals surface area contributed by atoms with Crippen LogP contribution in [0.5, 0.6) is 0 Å². The topological polar surface area (TPSA) is 26.8 Å². The molecule has 2 saturated heterocycles.